The largest absolute Gasteiger partial charge is 0.492 e. The van der Waals surface area contributed by atoms with Crippen molar-refractivity contribution < 1.29 is 4.74 Å². The zero-order valence-electron chi connectivity index (χ0n) is 11.9. The van der Waals surface area contributed by atoms with Gasteiger partial charge in [0.2, 0.25) is 0 Å². The molecule has 0 saturated heterocycles. The van der Waals surface area contributed by atoms with Crippen LogP contribution in [-0.2, 0) is 0 Å². The summed E-state index contributed by atoms with van der Waals surface area (Å²) in [5.41, 5.74) is 1.06. The number of hydrogen-bond donors (Lipinski definition) is 1. The first-order chi connectivity index (χ1) is 8.77. The molecule has 0 fully saturated rings. The lowest BCUT2D eigenvalue weighted by Gasteiger charge is -2.12. The minimum absolute atomic E-state index is 0.300. The minimum atomic E-state index is 0.300. The monoisotopic (exact) mass is 250 g/mol. The Balaban J connectivity index is 2.31. The highest BCUT2D eigenvalue weighted by molar-refractivity contribution is 5.21. The quantitative estimate of drug-likeness (QED) is 0.678. The van der Waals surface area contributed by atoms with Crippen LogP contribution in [0.1, 0.15) is 58.2 Å². The van der Waals surface area contributed by atoms with Gasteiger partial charge in [-0.25, -0.2) is 0 Å². The first-order valence-electron chi connectivity index (χ1n) is 7.10. The maximum Gasteiger partial charge on any atom is 0.137 e. The van der Waals surface area contributed by atoms with Gasteiger partial charge in [-0.1, -0.05) is 33.1 Å². The Morgan fingerprint density at radius 3 is 2.67 bits per heavy atom. The van der Waals surface area contributed by atoms with Crippen LogP contribution in [-0.4, -0.2) is 18.1 Å². The number of rotatable bonds is 9. The summed E-state index contributed by atoms with van der Waals surface area (Å²) in [7, 11) is 0. The predicted octanol–water partition coefficient (Wildman–Crippen LogP) is 3.71. The van der Waals surface area contributed by atoms with E-state index >= 15 is 0 Å². The van der Waals surface area contributed by atoms with Gasteiger partial charge >= 0.3 is 0 Å². The molecule has 0 aromatic carbocycles. The molecule has 1 aromatic heterocycles. The van der Waals surface area contributed by atoms with Gasteiger partial charge in [-0.2, -0.15) is 0 Å². The van der Waals surface area contributed by atoms with Crippen molar-refractivity contribution in [2.75, 3.05) is 13.2 Å². The number of pyridine rings is 1. The highest BCUT2D eigenvalue weighted by atomic mass is 16.5. The molecule has 0 bridgehead atoms. The van der Waals surface area contributed by atoms with Crippen molar-refractivity contribution in [2.24, 2.45) is 0 Å². The second-order valence-electron chi connectivity index (χ2n) is 4.61. The maximum absolute atomic E-state index is 5.66. The molecule has 1 aromatic rings. The number of hydrogen-bond acceptors (Lipinski definition) is 3. The smallest absolute Gasteiger partial charge is 0.137 e. The van der Waals surface area contributed by atoms with Crippen LogP contribution in [0.25, 0.3) is 0 Å². The third-order valence-corrected chi connectivity index (χ3v) is 2.98. The SMILES string of the molecule is CCCCCCOc1ccc(C(C)NCC)nc1. The fourth-order valence-corrected chi connectivity index (χ4v) is 1.86. The summed E-state index contributed by atoms with van der Waals surface area (Å²) in [5, 5.41) is 3.34. The highest BCUT2D eigenvalue weighted by Crippen LogP contribution is 2.14. The fraction of sp³-hybridized carbons (Fsp3) is 0.667. The zero-order chi connectivity index (χ0) is 13.2. The van der Waals surface area contributed by atoms with E-state index in [1.807, 2.05) is 18.3 Å². The van der Waals surface area contributed by atoms with Crippen LogP contribution < -0.4 is 10.1 Å². The van der Waals surface area contributed by atoms with E-state index in [2.05, 4.69) is 31.1 Å². The van der Waals surface area contributed by atoms with Crippen LogP contribution in [0.3, 0.4) is 0 Å². The van der Waals surface area contributed by atoms with Gasteiger partial charge in [-0.3, -0.25) is 4.98 Å². The molecule has 1 heterocycles. The molecule has 18 heavy (non-hydrogen) atoms. The molecule has 0 saturated carbocycles. The molecule has 1 atom stereocenters. The molecule has 0 aliphatic rings. The second kappa shape index (κ2) is 8.92. The standard InChI is InChI=1S/C15H26N2O/c1-4-6-7-8-11-18-14-9-10-15(17-12-14)13(3)16-5-2/h9-10,12-13,16H,4-8,11H2,1-3H3. The Kier molecular flexibility index (Phi) is 7.42. The molecular formula is C15H26N2O. The minimum Gasteiger partial charge on any atom is -0.492 e. The van der Waals surface area contributed by atoms with E-state index in [1.165, 1.54) is 19.3 Å². The van der Waals surface area contributed by atoms with Crippen LogP contribution in [0, 0.1) is 0 Å². The van der Waals surface area contributed by atoms with Crippen molar-refractivity contribution in [1.82, 2.24) is 10.3 Å². The Labute approximate surface area is 111 Å². The van der Waals surface area contributed by atoms with Gasteiger partial charge in [0.1, 0.15) is 5.75 Å². The van der Waals surface area contributed by atoms with E-state index in [4.69, 9.17) is 4.74 Å². The summed E-state index contributed by atoms with van der Waals surface area (Å²) < 4.78 is 5.66. The third-order valence-electron chi connectivity index (χ3n) is 2.98. The van der Waals surface area contributed by atoms with E-state index in [-0.39, 0.29) is 0 Å². The number of unbranched alkanes of at least 4 members (excludes halogenated alkanes) is 3. The van der Waals surface area contributed by atoms with Crippen LogP contribution >= 0.6 is 0 Å². The summed E-state index contributed by atoms with van der Waals surface area (Å²) in [5.74, 6) is 0.874. The number of nitrogens with one attached hydrogen (secondary N) is 1. The summed E-state index contributed by atoms with van der Waals surface area (Å²) in [4.78, 5) is 4.42. The summed E-state index contributed by atoms with van der Waals surface area (Å²) in [6, 6.07) is 4.35. The molecule has 3 nitrogen and oxygen atoms in total. The van der Waals surface area contributed by atoms with Gasteiger partial charge in [0, 0.05) is 6.04 Å². The summed E-state index contributed by atoms with van der Waals surface area (Å²) >= 11 is 0. The molecule has 0 aliphatic carbocycles. The van der Waals surface area contributed by atoms with Crippen molar-refractivity contribution in [2.45, 2.75) is 52.5 Å². The van der Waals surface area contributed by atoms with Gasteiger partial charge in [0.25, 0.3) is 0 Å². The van der Waals surface area contributed by atoms with E-state index < -0.39 is 0 Å². The van der Waals surface area contributed by atoms with Gasteiger partial charge < -0.3 is 10.1 Å². The maximum atomic E-state index is 5.66. The van der Waals surface area contributed by atoms with E-state index in [1.54, 1.807) is 0 Å². The van der Waals surface area contributed by atoms with Gasteiger partial charge in [0.05, 0.1) is 18.5 Å². The molecule has 102 valence electrons. The van der Waals surface area contributed by atoms with Crippen LogP contribution in [0.4, 0.5) is 0 Å². The Morgan fingerprint density at radius 1 is 1.22 bits per heavy atom. The van der Waals surface area contributed by atoms with Crippen LogP contribution in [0.15, 0.2) is 18.3 Å². The molecule has 3 heteroatoms. The number of nitrogens with zero attached hydrogens (tertiary/aromatic N) is 1. The van der Waals surface area contributed by atoms with Crippen molar-refractivity contribution in [3.8, 4) is 5.75 Å². The van der Waals surface area contributed by atoms with Crippen LogP contribution in [0.2, 0.25) is 0 Å². The Hall–Kier alpha value is -1.09. The lowest BCUT2D eigenvalue weighted by Crippen LogP contribution is -2.18. The first kappa shape index (κ1) is 15.0. The predicted molar refractivity (Wildman–Crippen MR) is 76.0 cm³/mol. The number of aromatic nitrogens is 1. The highest BCUT2D eigenvalue weighted by Gasteiger charge is 2.04. The normalized spacial score (nSPS) is 12.4. The average Bonchev–Trinajstić information content (AvgIpc) is 2.39. The van der Waals surface area contributed by atoms with Crippen molar-refractivity contribution >= 4 is 0 Å². The second-order valence-corrected chi connectivity index (χ2v) is 4.61. The van der Waals surface area contributed by atoms with E-state index in [0.717, 1.165) is 31.0 Å². The van der Waals surface area contributed by atoms with E-state index in [9.17, 15) is 0 Å². The molecule has 0 radical (unpaired) electrons. The van der Waals surface area contributed by atoms with Gasteiger partial charge in [-0.05, 0) is 32.0 Å². The topological polar surface area (TPSA) is 34.1 Å². The summed E-state index contributed by atoms with van der Waals surface area (Å²) in [6.45, 7) is 8.19. The Bertz CT molecular complexity index is 311. The van der Waals surface area contributed by atoms with Gasteiger partial charge in [0.15, 0.2) is 0 Å². The lowest BCUT2D eigenvalue weighted by atomic mass is 10.2. The van der Waals surface area contributed by atoms with E-state index in [0.29, 0.717) is 6.04 Å². The first-order valence-corrected chi connectivity index (χ1v) is 7.10. The van der Waals surface area contributed by atoms with Crippen LogP contribution in [0.5, 0.6) is 5.75 Å². The average molecular weight is 250 g/mol. The molecule has 0 amide bonds. The summed E-state index contributed by atoms with van der Waals surface area (Å²) in [6.07, 6.45) is 6.76. The zero-order valence-corrected chi connectivity index (χ0v) is 11.9. The molecule has 1 unspecified atom stereocenters. The van der Waals surface area contributed by atoms with Crippen molar-refractivity contribution in [1.29, 1.82) is 0 Å². The molecular weight excluding hydrogens is 224 g/mol. The Morgan fingerprint density at radius 2 is 2.06 bits per heavy atom. The van der Waals surface area contributed by atoms with Crippen molar-refractivity contribution in [3.63, 3.8) is 0 Å². The number of ether oxygens (including phenoxy) is 1. The third kappa shape index (κ3) is 5.50. The lowest BCUT2D eigenvalue weighted by molar-refractivity contribution is 0.303. The molecule has 0 aliphatic heterocycles. The van der Waals surface area contributed by atoms with Gasteiger partial charge in [-0.15, -0.1) is 0 Å². The van der Waals surface area contributed by atoms with Crippen molar-refractivity contribution in [3.05, 3.63) is 24.0 Å². The molecule has 1 rings (SSSR count). The molecule has 1 N–H and O–H groups in total. The fourth-order valence-electron chi connectivity index (χ4n) is 1.86. The molecule has 0 spiro atoms.